The van der Waals surface area contributed by atoms with Crippen molar-refractivity contribution in [2.24, 2.45) is 5.73 Å². The predicted molar refractivity (Wildman–Crippen MR) is 281 cm³/mol. The summed E-state index contributed by atoms with van der Waals surface area (Å²) < 4.78 is 33.6. The van der Waals surface area contributed by atoms with Crippen LogP contribution in [0.2, 0.25) is 0 Å². The van der Waals surface area contributed by atoms with Gasteiger partial charge in [-0.3, -0.25) is 18.6 Å². The van der Waals surface area contributed by atoms with Crippen molar-refractivity contribution < 1.29 is 42.7 Å². The molecule has 0 aromatic carbocycles. The monoisotopic (exact) mass is 966 g/mol. The molecule has 0 saturated heterocycles. The number of esters is 1. The van der Waals surface area contributed by atoms with Crippen LogP contribution in [0.3, 0.4) is 0 Å². The number of nitrogens with two attached hydrogens (primary N) is 1. The van der Waals surface area contributed by atoms with Gasteiger partial charge in [0, 0.05) is 13.0 Å². The molecule has 0 aliphatic carbocycles. The van der Waals surface area contributed by atoms with E-state index >= 15 is 0 Å². The number of hydrogen-bond donors (Lipinski definition) is 3. The van der Waals surface area contributed by atoms with Gasteiger partial charge in [0.2, 0.25) is 0 Å². The highest BCUT2D eigenvalue weighted by molar-refractivity contribution is 7.47. The third-order valence-corrected chi connectivity index (χ3v) is 13.1. The Hall–Kier alpha value is -2.07. The summed E-state index contributed by atoms with van der Waals surface area (Å²) in [6, 6.07) is -1.48. The van der Waals surface area contributed by atoms with Gasteiger partial charge < -0.3 is 25.2 Å². The molecular formula is C56H104NO9P. The lowest BCUT2D eigenvalue weighted by Gasteiger charge is -2.20. The standard InChI is InChI=1S/C56H104NO9P/c1-3-5-7-9-11-13-15-17-19-21-23-25-27-28-30-32-34-36-38-40-42-44-46-48-55(58)66-53(51-64-67(61,62)65-52-54(57)56(59)60)50-63-49-47-45-43-41-39-37-35-33-31-29-26-24-22-20-18-16-14-12-10-8-6-4-2/h6,8,12,14,18,20,24,26,53-54H,3-5,7,9-11,13,15-17,19,21-23,25,27-52,57H2,1-2H3,(H,59,60)(H,61,62)/b8-6-,14-12-,20-18-,26-24-. The van der Waals surface area contributed by atoms with Crippen molar-refractivity contribution >= 4 is 19.8 Å². The number of rotatable bonds is 53. The van der Waals surface area contributed by atoms with Crippen molar-refractivity contribution in [2.75, 3.05) is 26.4 Å². The highest BCUT2D eigenvalue weighted by Gasteiger charge is 2.27. The van der Waals surface area contributed by atoms with Crippen LogP contribution in [0, 0.1) is 0 Å². The number of carboxylic acids is 1. The van der Waals surface area contributed by atoms with E-state index in [9.17, 15) is 19.0 Å². The lowest BCUT2D eigenvalue weighted by molar-refractivity contribution is -0.154. The molecule has 3 unspecified atom stereocenters. The first-order valence-corrected chi connectivity index (χ1v) is 29.2. The Morgan fingerprint density at radius 2 is 0.866 bits per heavy atom. The van der Waals surface area contributed by atoms with Crippen molar-refractivity contribution in [3.63, 3.8) is 0 Å². The smallest absolute Gasteiger partial charge is 0.472 e. The molecule has 10 nitrogen and oxygen atoms in total. The highest BCUT2D eigenvalue weighted by atomic mass is 31.2. The van der Waals surface area contributed by atoms with Crippen molar-refractivity contribution in [1.82, 2.24) is 0 Å². The summed E-state index contributed by atoms with van der Waals surface area (Å²) in [7, 11) is -4.63. The fourth-order valence-corrected chi connectivity index (χ4v) is 8.67. The van der Waals surface area contributed by atoms with Crippen LogP contribution in [0.25, 0.3) is 0 Å². The van der Waals surface area contributed by atoms with E-state index in [4.69, 9.17) is 29.4 Å². The third kappa shape index (κ3) is 51.6. The van der Waals surface area contributed by atoms with Crippen molar-refractivity contribution in [3.05, 3.63) is 48.6 Å². The number of ether oxygens (including phenoxy) is 2. The molecule has 0 rings (SSSR count). The van der Waals surface area contributed by atoms with Gasteiger partial charge >= 0.3 is 19.8 Å². The van der Waals surface area contributed by atoms with Crippen molar-refractivity contribution in [3.8, 4) is 0 Å². The first-order valence-electron chi connectivity index (χ1n) is 27.7. The third-order valence-electron chi connectivity index (χ3n) is 12.1. The minimum atomic E-state index is -4.63. The minimum Gasteiger partial charge on any atom is -0.480 e. The number of carboxylic acid groups (broad SMARTS) is 1. The van der Waals surface area contributed by atoms with Gasteiger partial charge in [0.1, 0.15) is 12.1 Å². The first kappa shape index (κ1) is 64.9. The number of carbonyl (C=O) groups excluding carboxylic acids is 1. The second-order valence-electron chi connectivity index (χ2n) is 18.7. The predicted octanol–water partition coefficient (Wildman–Crippen LogP) is 16.5. The molecular weight excluding hydrogens is 862 g/mol. The molecule has 0 amide bonds. The van der Waals surface area contributed by atoms with Gasteiger partial charge in [-0.2, -0.15) is 0 Å². The Kier molecular flexibility index (Phi) is 50.2. The Labute approximate surface area is 411 Å². The molecule has 11 heteroatoms. The van der Waals surface area contributed by atoms with Gasteiger partial charge in [-0.1, -0.05) is 249 Å². The second kappa shape index (κ2) is 51.8. The zero-order valence-corrected chi connectivity index (χ0v) is 44.1. The summed E-state index contributed by atoms with van der Waals surface area (Å²) in [5, 5.41) is 8.95. The van der Waals surface area contributed by atoms with Crippen molar-refractivity contribution in [2.45, 2.75) is 270 Å². The van der Waals surface area contributed by atoms with Gasteiger partial charge in [-0.25, -0.2) is 4.57 Å². The zero-order chi connectivity index (χ0) is 49.0. The molecule has 3 atom stereocenters. The van der Waals surface area contributed by atoms with Gasteiger partial charge in [0.15, 0.2) is 0 Å². The fraction of sp³-hybridized carbons (Fsp3) is 0.821. The first-order chi connectivity index (χ1) is 32.7. The molecule has 0 bridgehead atoms. The highest BCUT2D eigenvalue weighted by Crippen LogP contribution is 2.43. The van der Waals surface area contributed by atoms with Crippen LogP contribution < -0.4 is 5.73 Å². The quantitative estimate of drug-likeness (QED) is 0.0232. The molecule has 0 aliphatic rings. The largest absolute Gasteiger partial charge is 0.480 e. The average molecular weight is 966 g/mol. The molecule has 67 heavy (non-hydrogen) atoms. The summed E-state index contributed by atoms with van der Waals surface area (Å²) in [5.74, 6) is -1.77. The van der Waals surface area contributed by atoms with Crippen LogP contribution in [-0.2, 0) is 32.7 Å². The minimum absolute atomic E-state index is 0.0146. The van der Waals surface area contributed by atoms with Crippen LogP contribution in [0.5, 0.6) is 0 Å². The molecule has 4 N–H and O–H groups in total. The lowest BCUT2D eigenvalue weighted by atomic mass is 10.0. The summed E-state index contributed by atoms with van der Waals surface area (Å²) >= 11 is 0. The molecule has 0 radical (unpaired) electrons. The molecule has 0 aromatic heterocycles. The summed E-state index contributed by atoms with van der Waals surface area (Å²) in [5.41, 5.74) is 5.38. The Bertz CT molecular complexity index is 1250. The molecule has 0 saturated carbocycles. The number of hydrogen-bond acceptors (Lipinski definition) is 8. The second-order valence-corrected chi connectivity index (χ2v) is 20.1. The Morgan fingerprint density at radius 3 is 1.30 bits per heavy atom. The maximum absolute atomic E-state index is 12.7. The van der Waals surface area contributed by atoms with E-state index in [1.807, 2.05) is 0 Å². The molecule has 0 fully saturated rings. The molecule has 0 aliphatic heterocycles. The number of carbonyl (C=O) groups is 2. The average Bonchev–Trinajstić information content (AvgIpc) is 3.31. The van der Waals surface area contributed by atoms with E-state index in [2.05, 4.69) is 62.5 Å². The van der Waals surface area contributed by atoms with E-state index in [-0.39, 0.29) is 13.0 Å². The number of allylic oxidation sites excluding steroid dienone is 8. The molecule has 0 heterocycles. The van der Waals surface area contributed by atoms with Crippen molar-refractivity contribution in [1.29, 1.82) is 0 Å². The molecule has 0 aromatic rings. The van der Waals surface area contributed by atoms with E-state index in [1.165, 1.54) is 167 Å². The van der Waals surface area contributed by atoms with Gasteiger partial charge in [-0.05, 0) is 51.4 Å². The number of aliphatic carboxylic acids is 1. The van der Waals surface area contributed by atoms with Gasteiger partial charge in [0.25, 0.3) is 0 Å². The summed E-state index contributed by atoms with van der Waals surface area (Å²) in [6.45, 7) is 3.81. The number of unbranched alkanes of at least 4 members (excludes halogenated alkanes) is 31. The normalized spacial score (nSPS) is 14.0. The van der Waals surface area contributed by atoms with E-state index < -0.39 is 45.1 Å². The van der Waals surface area contributed by atoms with E-state index in [0.717, 1.165) is 64.2 Å². The van der Waals surface area contributed by atoms with Crippen LogP contribution in [0.4, 0.5) is 0 Å². The zero-order valence-electron chi connectivity index (χ0n) is 43.2. The van der Waals surface area contributed by atoms with E-state index in [1.54, 1.807) is 0 Å². The number of phosphoric ester groups is 1. The molecule has 392 valence electrons. The van der Waals surface area contributed by atoms with E-state index in [0.29, 0.717) is 13.0 Å². The van der Waals surface area contributed by atoms with Crippen LogP contribution in [-0.4, -0.2) is 60.5 Å². The Morgan fingerprint density at radius 1 is 0.493 bits per heavy atom. The molecule has 0 spiro atoms. The SMILES string of the molecule is CC/C=C\C/C=C\C/C=C\C/C=C\CCCCCCCCCCCOCC(COP(=O)(O)OCC(N)C(=O)O)OC(=O)CCCCCCCCCCCCCCCCCCCCCCCCC. The summed E-state index contributed by atoms with van der Waals surface area (Å²) in [4.78, 5) is 33.8. The van der Waals surface area contributed by atoms with Gasteiger partial charge in [-0.15, -0.1) is 0 Å². The summed E-state index contributed by atoms with van der Waals surface area (Å²) in [6.07, 6.45) is 63.2. The lowest BCUT2D eigenvalue weighted by Crippen LogP contribution is -2.34. The van der Waals surface area contributed by atoms with Crippen LogP contribution in [0.1, 0.15) is 258 Å². The fourth-order valence-electron chi connectivity index (χ4n) is 7.89. The van der Waals surface area contributed by atoms with Gasteiger partial charge in [0.05, 0.1) is 19.8 Å². The number of phosphoric acid groups is 1. The van der Waals surface area contributed by atoms with Crippen LogP contribution in [0.15, 0.2) is 48.6 Å². The maximum atomic E-state index is 12.7. The Balaban J connectivity index is 4.08. The maximum Gasteiger partial charge on any atom is 0.472 e. The van der Waals surface area contributed by atoms with Crippen LogP contribution >= 0.6 is 7.82 Å². The topological polar surface area (TPSA) is 155 Å².